The molecular weight excluding hydrogens is 419 g/mol. The zero-order chi connectivity index (χ0) is 15.8. The van der Waals surface area contributed by atoms with Crippen molar-refractivity contribution in [1.82, 2.24) is 15.1 Å². The summed E-state index contributed by atoms with van der Waals surface area (Å²) in [6.07, 6.45) is 5.21. The number of nitrogens with zero attached hydrogens (tertiary/aromatic N) is 3. The fourth-order valence-electron chi connectivity index (χ4n) is 3.29. The summed E-state index contributed by atoms with van der Waals surface area (Å²) in [6.45, 7) is 11.2. The van der Waals surface area contributed by atoms with E-state index >= 15 is 0 Å². The lowest BCUT2D eigenvalue weighted by molar-refractivity contribution is 0.214. The lowest BCUT2D eigenvalue weighted by Gasteiger charge is -2.34. The quantitative estimate of drug-likeness (QED) is 0.393. The molecule has 0 amide bonds. The van der Waals surface area contributed by atoms with Crippen LogP contribution < -0.4 is 5.32 Å². The van der Waals surface area contributed by atoms with Crippen LogP contribution in [0, 0.1) is 5.92 Å². The number of thioether (sulfide) groups is 1. The molecule has 0 bridgehead atoms. The van der Waals surface area contributed by atoms with Crippen LogP contribution in [-0.2, 0) is 0 Å². The van der Waals surface area contributed by atoms with Crippen molar-refractivity contribution in [1.29, 1.82) is 0 Å². The fourth-order valence-corrected chi connectivity index (χ4v) is 4.47. The van der Waals surface area contributed by atoms with E-state index in [2.05, 4.69) is 47.8 Å². The summed E-state index contributed by atoms with van der Waals surface area (Å²) in [7, 11) is 2.23. The van der Waals surface area contributed by atoms with E-state index < -0.39 is 0 Å². The highest BCUT2D eigenvalue weighted by molar-refractivity contribution is 14.0. The zero-order valence-corrected chi connectivity index (χ0v) is 18.2. The smallest absolute Gasteiger partial charge is 0.193 e. The van der Waals surface area contributed by atoms with Gasteiger partial charge in [-0.2, -0.15) is 11.8 Å². The minimum absolute atomic E-state index is 0. The Labute approximate surface area is 164 Å². The number of halogens is 1. The van der Waals surface area contributed by atoms with Crippen LogP contribution in [0.3, 0.4) is 0 Å². The topological polar surface area (TPSA) is 30.9 Å². The molecule has 0 aliphatic carbocycles. The molecule has 0 aromatic rings. The van der Waals surface area contributed by atoms with Gasteiger partial charge in [-0.15, -0.1) is 24.0 Å². The van der Waals surface area contributed by atoms with Crippen molar-refractivity contribution in [2.45, 2.75) is 44.8 Å². The van der Waals surface area contributed by atoms with Gasteiger partial charge in [0.2, 0.25) is 0 Å². The van der Waals surface area contributed by atoms with Crippen molar-refractivity contribution in [2.75, 3.05) is 52.1 Å². The number of aliphatic imine (C=N–C) groups is 1. The van der Waals surface area contributed by atoms with Crippen LogP contribution in [-0.4, -0.2) is 73.1 Å². The van der Waals surface area contributed by atoms with Gasteiger partial charge in [0.1, 0.15) is 0 Å². The largest absolute Gasteiger partial charge is 0.357 e. The number of rotatable bonds is 5. The monoisotopic (exact) mass is 454 g/mol. The molecule has 0 saturated carbocycles. The molecule has 6 heteroatoms. The van der Waals surface area contributed by atoms with Crippen molar-refractivity contribution in [3.63, 3.8) is 0 Å². The Balaban J connectivity index is 0.00000264. The SMILES string of the molecule is CCNC(=NCCC1CCN(C)CC1)N1CCSC(CC)C1.I. The van der Waals surface area contributed by atoms with Gasteiger partial charge in [0.25, 0.3) is 0 Å². The highest BCUT2D eigenvalue weighted by atomic mass is 127. The first-order chi connectivity index (χ1) is 10.7. The molecule has 1 atom stereocenters. The molecule has 0 radical (unpaired) electrons. The van der Waals surface area contributed by atoms with Crippen LogP contribution in [0.4, 0.5) is 0 Å². The number of guanidine groups is 1. The predicted octanol–water partition coefficient (Wildman–Crippen LogP) is 3.13. The van der Waals surface area contributed by atoms with Gasteiger partial charge in [-0.25, -0.2) is 0 Å². The summed E-state index contributed by atoms with van der Waals surface area (Å²) in [5.74, 6) is 3.26. The van der Waals surface area contributed by atoms with Crippen molar-refractivity contribution < 1.29 is 0 Å². The second-order valence-electron chi connectivity index (χ2n) is 6.62. The van der Waals surface area contributed by atoms with Crippen LogP contribution in [0.2, 0.25) is 0 Å². The van der Waals surface area contributed by atoms with E-state index in [0.29, 0.717) is 0 Å². The molecule has 2 fully saturated rings. The average Bonchev–Trinajstić information content (AvgIpc) is 2.56. The summed E-state index contributed by atoms with van der Waals surface area (Å²) < 4.78 is 0. The number of likely N-dealkylation sites (tertiary alicyclic amines) is 1. The molecule has 2 aliphatic heterocycles. The normalized spacial score (nSPS) is 24.4. The first-order valence-electron chi connectivity index (χ1n) is 9.06. The second kappa shape index (κ2) is 11.8. The Morgan fingerprint density at radius 3 is 2.61 bits per heavy atom. The minimum Gasteiger partial charge on any atom is -0.357 e. The van der Waals surface area contributed by atoms with Crippen LogP contribution in [0.1, 0.15) is 39.5 Å². The van der Waals surface area contributed by atoms with Gasteiger partial charge in [0.15, 0.2) is 5.96 Å². The first kappa shape index (κ1) is 21.4. The molecular formula is C17H35IN4S. The van der Waals surface area contributed by atoms with Gasteiger partial charge in [0, 0.05) is 37.2 Å². The van der Waals surface area contributed by atoms with Gasteiger partial charge in [-0.1, -0.05) is 6.92 Å². The van der Waals surface area contributed by atoms with Gasteiger partial charge in [-0.3, -0.25) is 4.99 Å². The molecule has 4 nitrogen and oxygen atoms in total. The van der Waals surface area contributed by atoms with E-state index in [9.17, 15) is 0 Å². The molecule has 1 N–H and O–H groups in total. The van der Waals surface area contributed by atoms with Gasteiger partial charge >= 0.3 is 0 Å². The molecule has 0 aromatic heterocycles. The predicted molar refractivity (Wildman–Crippen MR) is 114 cm³/mol. The highest BCUT2D eigenvalue weighted by Crippen LogP contribution is 2.22. The van der Waals surface area contributed by atoms with Gasteiger partial charge < -0.3 is 15.1 Å². The first-order valence-corrected chi connectivity index (χ1v) is 10.1. The van der Waals surface area contributed by atoms with Gasteiger partial charge in [0.05, 0.1) is 0 Å². The Morgan fingerprint density at radius 2 is 1.96 bits per heavy atom. The number of piperidine rings is 1. The lowest BCUT2D eigenvalue weighted by Crippen LogP contribution is -2.48. The van der Waals surface area contributed by atoms with Crippen molar-refractivity contribution >= 4 is 41.7 Å². The minimum atomic E-state index is 0. The molecule has 2 saturated heterocycles. The standard InChI is InChI=1S/C17H34N4S.HI/c1-4-16-14-21(12-13-22-16)17(18-5-2)19-9-6-15-7-10-20(3)11-8-15;/h15-16H,4-14H2,1-3H3,(H,18,19);1H. The van der Waals surface area contributed by atoms with E-state index in [1.54, 1.807) is 0 Å². The maximum Gasteiger partial charge on any atom is 0.193 e. The van der Waals surface area contributed by atoms with Gasteiger partial charge in [-0.05, 0) is 58.7 Å². The molecule has 1 unspecified atom stereocenters. The molecule has 0 aromatic carbocycles. The Kier molecular flexibility index (Phi) is 10.9. The van der Waals surface area contributed by atoms with Crippen molar-refractivity contribution in [2.24, 2.45) is 10.9 Å². The fraction of sp³-hybridized carbons (Fsp3) is 0.941. The van der Waals surface area contributed by atoms with Crippen LogP contribution in [0.25, 0.3) is 0 Å². The van der Waals surface area contributed by atoms with E-state index in [1.807, 2.05) is 0 Å². The summed E-state index contributed by atoms with van der Waals surface area (Å²) in [6, 6.07) is 0. The molecule has 23 heavy (non-hydrogen) atoms. The Morgan fingerprint density at radius 1 is 1.22 bits per heavy atom. The van der Waals surface area contributed by atoms with Crippen molar-refractivity contribution in [3.05, 3.63) is 0 Å². The number of hydrogen-bond acceptors (Lipinski definition) is 3. The Hall–Kier alpha value is 0.310. The Bertz CT molecular complexity index is 345. The molecule has 2 aliphatic rings. The third kappa shape index (κ3) is 7.38. The van der Waals surface area contributed by atoms with E-state index in [-0.39, 0.29) is 24.0 Å². The summed E-state index contributed by atoms with van der Waals surface area (Å²) in [4.78, 5) is 9.85. The van der Waals surface area contributed by atoms with E-state index in [0.717, 1.165) is 43.3 Å². The van der Waals surface area contributed by atoms with Crippen molar-refractivity contribution in [3.8, 4) is 0 Å². The van der Waals surface area contributed by atoms with E-state index in [4.69, 9.17) is 4.99 Å². The third-order valence-electron chi connectivity index (χ3n) is 4.87. The second-order valence-corrected chi connectivity index (χ2v) is 8.03. The number of nitrogens with one attached hydrogen (secondary N) is 1. The third-order valence-corrected chi connectivity index (χ3v) is 6.24. The molecule has 2 rings (SSSR count). The van der Waals surface area contributed by atoms with Crippen LogP contribution in [0.15, 0.2) is 4.99 Å². The summed E-state index contributed by atoms with van der Waals surface area (Å²) >= 11 is 2.12. The highest BCUT2D eigenvalue weighted by Gasteiger charge is 2.21. The zero-order valence-electron chi connectivity index (χ0n) is 15.1. The lowest BCUT2D eigenvalue weighted by atomic mass is 9.94. The van der Waals surface area contributed by atoms with Crippen LogP contribution >= 0.6 is 35.7 Å². The maximum atomic E-state index is 4.93. The molecule has 0 spiro atoms. The summed E-state index contributed by atoms with van der Waals surface area (Å²) in [5.41, 5.74) is 0. The van der Waals surface area contributed by atoms with E-state index in [1.165, 1.54) is 44.5 Å². The number of hydrogen-bond donors (Lipinski definition) is 1. The summed E-state index contributed by atoms with van der Waals surface area (Å²) in [5, 5.41) is 4.27. The maximum absolute atomic E-state index is 4.93. The average molecular weight is 454 g/mol. The molecule has 136 valence electrons. The molecule has 2 heterocycles. The van der Waals surface area contributed by atoms with Crippen LogP contribution in [0.5, 0.6) is 0 Å².